The van der Waals surface area contributed by atoms with Crippen molar-refractivity contribution in [2.75, 3.05) is 13.6 Å². The molecule has 0 atom stereocenters. The minimum atomic E-state index is -0.225. The van der Waals surface area contributed by atoms with Gasteiger partial charge in [0, 0.05) is 37.0 Å². The number of aryl methyl sites for hydroxylation is 3. The van der Waals surface area contributed by atoms with E-state index in [0.29, 0.717) is 17.7 Å². The number of aliphatic imine (C=N–C) groups is 1. The number of hydrogen-bond acceptors (Lipinski definition) is 3. The second-order valence-corrected chi connectivity index (χ2v) is 8.98. The molecule has 0 N–H and O–H groups in total. The van der Waals surface area contributed by atoms with Crippen LogP contribution in [0, 0.1) is 12.7 Å². The second kappa shape index (κ2) is 9.09. The number of nitrogens with zero attached hydrogens (tertiary/aromatic N) is 3. The molecule has 2 aromatic carbocycles. The molecule has 1 heterocycles. The predicted molar refractivity (Wildman–Crippen MR) is 125 cm³/mol. The minimum absolute atomic E-state index is 0.225. The van der Waals surface area contributed by atoms with Crippen molar-refractivity contribution in [3.8, 4) is 11.3 Å². The molecule has 156 valence electrons. The fraction of sp³-hybridized carbons (Fsp3) is 0.360. The molecular formula is C25H28FN3S. The molecule has 0 unspecified atom stereocenters. The highest BCUT2D eigenvalue weighted by atomic mass is 32.1. The number of hydrogen-bond donors (Lipinski definition) is 0. The SMILES string of the molecule is CCN(C)C=Nc1cc(F)c(Cc2nc(-c3ccc4c(c3)CCCC4)cs2)cc1C. The number of halogens is 1. The van der Waals surface area contributed by atoms with E-state index in [1.165, 1.54) is 42.0 Å². The maximum absolute atomic E-state index is 14.7. The summed E-state index contributed by atoms with van der Waals surface area (Å²) in [6, 6.07) is 10.1. The van der Waals surface area contributed by atoms with Gasteiger partial charge >= 0.3 is 0 Å². The zero-order valence-electron chi connectivity index (χ0n) is 17.9. The number of aromatic nitrogens is 1. The van der Waals surface area contributed by atoms with Gasteiger partial charge in [0.15, 0.2) is 0 Å². The van der Waals surface area contributed by atoms with Gasteiger partial charge in [-0.3, -0.25) is 0 Å². The van der Waals surface area contributed by atoms with E-state index >= 15 is 0 Å². The summed E-state index contributed by atoms with van der Waals surface area (Å²) in [7, 11) is 1.95. The van der Waals surface area contributed by atoms with E-state index in [2.05, 4.69) is 35.5 Å². The van der Waals surface area contributed by atoms with Crippen LogP contribution in [0.2, 0.25) is 0 Å². The van der Waals surface area contributed by atoms with Crippen LogP contribution >= 0.6 is 11.3 Å². The third kappa shape index (κ3) is 4.62. The van der Waals surface area contributed by atoms with Crippen LogP contribution < -0.4 is 0 Å². The summed E-state index contributed by atoms with van der Waals surface area (Å²) in [6.07, 6.45) is 7.15. The zero-order valence-corrected chi connectivity index (χ0v) is 18.7. The van der Waals surface area contributed by atoms with E-state index in [4.69, 9.17) is 4.98 Å². The van der Waals surface area contributed by atoms with Gasteiger partial charge in [-0.15, -0.1) is 11.3 Å². The Bertz CT molecular complexity index is 1070. The molecule has 1 aromatic heterocycles. The maximum Gasteiger partial charge on any atom is 0.128 e. The molecule has 0 bridgehead atoms. The highest BCUT2D eigenvalue weighted by Crippen LogP contribution is 2.30. The van der Waals surface area contributed by atoms with Crippen molar-refractivity contribution in [1.82, 2.24) is 9.88 Å². The second-order valence-electron chi connectivity index (χ2n) is 8.04. The van der Waals surface area contributed by atoms with Gasteiger partial charge in [-0.2, -0.15) is 0 Å². The summed E-state index contributed by atoms with van der Waals surface area (Å²) in [5.74, 6) is -0.225. The maximum atomic E-state index is 14.7. The monoisotopic (exact) mass is 421 g/mol. The van der Waals surface area contributed by atoms with Crippen molar-refractivity contribution in [2.45, 2.75) is 46.0 Å². The molecule has 0 radical (unpaired) electrons. The molecule has 3 nitrogen and oxygen atoms in total. The lowest BCUT2D eigenvalue weighted by Crippen LogP contribution is -2.14. The molecular weight excluding hydrogens is 393 g/mol. The smallest absolute Gasteiger partial charge is 0.128 e. The lowest BCUT2D eigenvalue weighted by Gasteiger charge is -2.16. The Morgan fingerprint density at radius 2 is 1.97 bits per heavy atom. The van der Waals surface area contributed by atoms with Gasteiger partial charge in [-0.1, -0.05) is 18.2 Å². The lowest BCUT2D eigenvalue weighted by molar-refractivity contribution is 0.552. The average Bonchev–Trinajstić information content (AvgIpc) is 3.23. The fourth-order valence-corrected chi connectivity index (χ4v) is 4.65. The Balaban J connectivity index is 1.52. The van der Waals surface area contributed by atoms with Gasteiger partial charge in [0.1, 0.15) is 5.82 Å². The van der Waals surface area contributed by atoms with E-state index < -0.39 is 0 Å². The van der Waals surface area contributed by atoms with Gasteiger partial charge in [-0.05, 0) is 67.9 Å². The van der Waals surface area contributed by atoms with Crippen LogP contribution in [-0.4, -0.2) is 29.8 Å². The Hall–Kier alpha value is -2.53. The summed E-state index contributed by atoms with van der Waals surface area (Å²) >= 11 is 1.60. The van der Waals surface area contributed by atoms with Crippen LogP contribution in [0.15, 0.2) is 40.7 Å². The minimum Gasteiger partial charge on any atom is -0.366 e. The topological polar surface area (TPSA) is 28.5 Å². The molecule has 1 aliphatic carbocycles. The first-order valence-corrected chi connectivity index (χ1v) is 11.5. The number of fused-ring (bicyclic) bond motifs is 1. The number of rotatable bonds is 6. The number of thiazole rings is 1. The van der Waals surface area contributed by atoms with Crippen molar-refractivity contribution in [2.24, 2.45) is 4.99 Å². The average molecular weight is 422 g/mol. The highest BCUT2D eigenvalue weighted by molar-refractivity contribution is 7.10. The quantitative estimate of drug-likeness (QED) is 0.343. The molecule has 1 aliphatic rings. The fourth-order valence-electron chi connectivity index (χ4n) is 3.83. The number of benzene rings is 2. The van der Waals surface area contributed by atoms with E-state index in [1.54, 1.807) is 17.7 Å². The third-order valence-corrected chi connectivity index (χ3v) is 6.64. The Morgan fingerprint density at radius 1 is 1.17 bits per heavy atom. The first-order valence-electron chi connectivity index (χ1n) is 10.6. The predicted octanol–water partition coefficient (Wildman–Crippen LogP) is 6.34. The first kappa shape index (κ1) is 20.7. The molecule has 0 aliphatic heterocycles. The van der Waals surface area contributed by atoms with Crippen molar-refractivity contribution < 1.29 is 4.39 Å². The largest absolute Gasteiger partial charge is 0.366 e. The van der Waals surface area contributed by atoms with Gasteiger partial charge in [0.2, 0.25) is 0 Å². The molecule has 0 fully saturated rings. The Labute approximate surface area is 182 Å². The van der Waals surface area contributed by atoms with Crippen molar-refractivity contribution in [3.05, 3.63) is 68.8 Å². The van der Waals surface area contributed by atoms with Crippen molar-refractivity contribution in [1.29, 1.82) is 0 Å². The molecule has 5 heteroatoms. The molecule has 0 spiro atoms. The van der Waals surface area contributed by atoms with E-state index in [9.17, 15) is 4.39 Å². The van der Waals surface area contributed by atoms with Gasteiger partial charge in [0.05, 0.1) is 22.7 Å². The first-order chi connectivity index (χ1) is 14.5. The van der Waals surface area contributed by atoms with E-state index in [-0.39, 0.29) is 5.82 Å². The van der Waals surface area contributed by atoms with Crippen LogP contribution in [0.3, 0.4) is 0 Å². The van der Waals surface area contributed by atoms with Crippen LogP contribution in [0.1, 0.15) is 47.0 Å². The molecule has 0 saturated carbocycles. The molecule has 4 rings (SSSR count). The van der Waals surface area contributed by atoms with E-state index in [1.807, 2.05) is 24.9 Å². The molecule has 0 amide bonds. The van der Waals surface area contributed by atoms with Crippen LogP contribution in [0.5, 0.6) is 0 Å². The lowest BCUT2D eigenvalue weighted by atomic mass is 9.90. The standard InChI is InChI=1S/C25H28FN3S/c1-4-29(3)16-27-23-14-22(26)21(11-17(23)2)13-25-28-24(15-30-25)20-10-9-18-7-5-6-8-19(18)12-20/h9-12,14-16H,4-8,13H2,1-3H3. The van der Waals surface area contributed by atoms with Crippen LogP contribution in [0.25, 0.3) is 11.3 Å². The normalized spacial score (nSPS) is 13.6. The van der Waals surface area contributed by atoms with Crippen LogP contribution in [-0.2, 0) is 19.3 Å². The van der Waals surface area contributed by atoms with Gasteiger partial charge in [-0.25, -0.2) is 14.4 Å². The van der Waals surface area contributed by atoms with Crippen molar-refractivity contribution >= 4 is 23.4 Å². The molecule has 3 aromatic rings. The summed E-state index contributed by atoms with van der Waals surface area (Å²) in [6.45, 7) is 4.89. The summed E-state index contributed by atoms with van der Waals surface area (Å²) < 4.78 is 14.7. The Kier molecular flexibility index (Phi) is 6.28. The Morgan fingerprint density at radius 3 is 2.77 bits per heavy atom. The summed E-state index contributed by atoms with van der Waals surface area (Å²) in [4.78, 5) is 11.2. The van der Waals surface area contributed by atoms with Crippen molar-refractivity contribution in [3.63, 3.8) is 0 Å². The van der Waals surface area contributed by atoms with Gasteiger partial charge in [0.25, 0.3) is 0 Å². The molecule has 0 saturated heterocycles. The van der Waals surface area contributed by atoms with Gasteiger partial charge < -0.3 is 4.90 Å². The van der Waals surface area contributed by atoms with Crippen LogP contribution in [0.4, 0.5) is 10.1 Å². The summed E-state index contributed by atoms with van der Waals surface area (Å²) in [5, 5.41) is 3.02. The molecule has 30 heavy (non-hydrogen) atoms. The van der Waals surface area contributed by atoms with E-state index in [0.717, 1.165) is 29.2 Å². The third-order valence-electron chi connectivity index (χ3n) is 5.80. The summed E-state index contributed by atoms with van der Waals surface area (Å²) in [5.41, 5.74) is 7.40. The zero-order chi connectivity index (χ0) is 21.1. The highest BCUT2D eigenvalue weighted by Gasteiger charge is 2.14.